The lowest BCUT2D eigenvalue weighted by molar-refractivity contribution is 0.395. The van der Waals surface area contributed by atoms with Gasteiger partial charge in [0.1, 0.15) is 5.75 Å². The van der Waals surface area contributed by atoms with Crippen molar-refractivity contribution < 1.29 is 9.13 Å². The molecule has 1 rings (SSSR count). The van der Waals surface area contributed by atoms with Gasteiger partial charge >= 0.3 is 0 Å². The predicted molar refractivity (Wildman–Crippen MR) is 71.9 cm³/mol. The highest BCUT2D eigenvalue weighted by Crippen LogP contribution is 2.29. The molecule has 1 aromatic rings. The summed E-state index contributed by atoms with van der Waals surface area (Å²) in [6.07, 6.45) is 0.331. The molecule has 0 fully saturated rings. The van der Waals surface area contributed by atoms with E-state index in [1.807, 2.05) is 18.2 Å². The van der Waals surface area contributed by atoms with E-state index in [0.717, 1.165) is 11.3 Å². The van der Waals surface area contributed by atoms with Crippen LogP contribution in [0.3, 0.4) is 0 Å². The van der Waals surface area contributed by atoms with E-state index < -0.39 is 6.67 Å². The fraction of sp³-hybridized carbons (Fsp3) is 0.538. The first-order valence-electron chi connectivity index (χ1n) is 5.59. The number of nitrogens with two attached hydrogens (primary N) is 1. The van der Waals surface area contributed by atoms with Gasteiger partial charge in [0.05, 0.1) is 13.8 Å². The number of hydrogen-bond donors (Lipinski definition) is 1. The van der Waals surface area contributed by atoms with Crippen molar-refractivity contribution in [2.45, 2.75) is 32.2 Å². The number of hydrogen-bond acceptors (Lipinski definition) is 2. The number of rotatable bonds is 5. The van der Waals surface area contributed by atoms with E-state index in [1.165, 1.54) is 5.56 Å². The van der Waals surface area contributed by atoms with Gasteiger partial charge in [0.2, 0.25) is 0 Å². The average molecular weight is 262 g/mol. The molecule has 17 heavy (non-hydrogen) atoms. The maximum Gasteiger partial charge on any atom is 0.123 e. The van der Waals surface area contributed by atoms with Crippen molar-refractivity contribution in [3.63, 3.8) is 0 Å². The third kappa shape index (κ3) is 4.17. The standard InChI is InChI=1S/C13H20FNO.ClH/c1-9(2)10-4-5-13(16-3)11(8-10)12(15)6-7-14;/h4-5,8-9,12H,6-7,15H2,1-3H3;1H/t12-;/m1./s1. The second-order valence-electron chi connectivity index (χ2n) is 4.24. The molecular formula is C13H21ClFNO. The van der Waals surface area contributed by atoms with Crippen molar-refractivity contribution in [3.05, 3.63) is 29.3 Å². The maximum atomic E-state index is 12.3. The Bertz CT molecular complexity index is 344. The number of benzene rings is 1. The largest absolute Gasteiger partial charge is 0.496 e. The smallest absolute Gasteiger partial charge is 0.123 e. The quantitative estimate of drug-likeness (QED) is 0.879. The van der Waals surface area contributed by atoms with Crippen LogP contribution in [0.2, 0.25) is 0 Å². The van der Waals surface area contributed by atoms with Crippen LogP contribution in [-0.2, 0) is 0 Å². The zero-order valence-electron chi connectivity index (χ0n) is 10.6. The van der Waals surface area contributed by atoms with Crippen molar-refractivity contribution in [2.75, 3.05) is 13.8 Å². The molecule has 0 radical (unpaired) electrons. The molecule has 0 unspecified atom stereocenters. The molecule has 4 heteroatoms. The van der Waals surface area contributed by atoms with Gasteiger partial charge in [-0.25, -0.2) is 0 Å². The fourth-order valence-corrected chi connectivity index (χ4v) is 1.67. The average Bonchev–Trinajstić information content (AvgIpc) is 2.28. The maximum absolute atomic E-state index is 12.3. The van der Waals surface area contributed by atoms with E-state index in [1.54, 1.807) is 7.11 Å². The first-order chi connectivity index (χ1) is 7.60. The minimum absolute atomic E-state index is 0. The number of ether oxygens (including phenoxy) is 1. The molecule has 0 heterocycles. The third-order valence-electron chi connectivity index (χ3n) is 2.74. The SMILES string of the molecule is COc1ccc(C(C)C)cc1[C@H](N)CCF.Cl. The van der Waals surface area contributed by atoms with Crippen molar-refractivity contribution in [2.24, 2.45) is 5.73 Å². The lowest BCUT2D eigenvalue weighted by Crippen LogP contribution is -2.13. The van der Waals surface area contributed by atoms with Gasteiger partial charge in [0.15, 0.2) is 0 Å². The van der Waals surface area contributed by atoms with Crippen LogP contribution in [0.5, 0.6) is 5.75 Å². The molecule has 1 atom stereocenters. The zero-order chi connectivity index (χ0) is 12.1. The van der Waals surface area contributed by atoms with Gasteiger partial charge in [-0.1, -0.05) is 26.0 Å². The summed E-state index contributed by atoms with van der Waals surface area (Å²) in [5, 5.41) is 0. The Morgan fingerprint density at radius 3 is 2.47 bits per heavy atom. The van der Waals surface area contributed by atoms with Gasteiger partial charge in [0.25, 0.3) is 0 Å². The van der Waals surface area contributed by atoms with E-state index in [-0.39, 0.29) is 18.4 Å². The van der Waals surface area contributed by atoms with Gasteiger partial charge in [-0.15, -0.1) is 12.4 Å². The minimum atomic E-state index is -0.407. The zero-order valence-corrected chi connectivity index (χ0v) is 11.4. The molecule has 0 aliphatic heterocycles. The van der Waals surface area contributed by atoms with Gasteiger partial charge in [0, 0.05) is 11.6 Å². The Morgan fingerprint density at radius 1 is 1.35 bits per heavy atom. The molecule has 0 aliphatic carbocycles. The molecule has 98 valence electrons. The van der Waals surface area contributed by atoms with E-state index in [4.69, 9.17) is 10.5 Å². The molecule has 1 aromatic carbocycles. The summed E-state index contributed by atoms with van der Waals surface area (Å²) in [5.74, 6) is 1.17. The van der Waals surface area contributed by atoms with Crippen LogP contribution in [0, 0.1) is 0 Å². The van der Waals surface area contributed by atoms with Crippen LogP contribution in [0.4, 0.5) is 4.39 Å². The normalized spacial score (nSPS) is 12.1. The van der Waals surface area contributed by atoms with E-state index in [2.05, 4.69) is 13.8 Å². The second-order valence-corrected chi connectivity index (χ2v) is 4.24. The minimum Gasteiger partial charge on any atom is -0.496 e. The molecule has 0 saturated carbocycles. The lowest BCUT2D eigenvalue weighted by Gasteiger charge is -2.17. The van der Waals surface area contributed by atoms with Crippen LogP contribution < -0.4 is 10.5 Å². The Balaban J connectivity index is 0.00000256. The number of halogens is 2. The number of methoxy groups -OCH3 is 1. The van der Waals surface area contributed by atoms with Crippen molar-refractivity contribution >= 4 is 12.4 Å². The highest BCUT2D eigenvalue weighted by molar-refractivity contribution is 5.85. The summed E-state index contributed by atoms with van der Waals surface area (Å²) in [7, 11) is 1.61. The summed E-state index contributed by atoms with van der Waals surface area (Å²) in [6.45, 7) is 3.83. The fourth-order valence-electron chi connectivity index (χ4n) is 1.67. The number of alkyl halides is 1. The third-order valence-corrected chi connectivity index (χ3v) is 2.74. The molecule has 0 aromatic heterocycles. The molecule has 0 aliphatic rings. The second kappa shape index (κ2) is 7.51. The van der Waals surface area contributed by atoms with Crippen molar-refractivity contribution in [1.29, 1.82) is 0 Å². The van der Waals surface area contributed by atoms with Crippen LogP contribution >= 0.6 is 12.4 Å². The van der Waals surface area contributed by atoms with Crippen LogP contribution in [0.15, 0.2) is 18.2 Å². The molecule has 0 spiro atoms. The van der Waals surface area contributed by atoms with E-state index in [0.29, 0.717) is 12.3 Å². The van der Waals surface area contributed by atoms with E-state index >= 15 is 0 Å². The highest BCUT2D eigenvalue weighted by Gasteiger charge is 2.13. The molecule has 2 N–H and O–H groups in total. The molecule has 0 amide bonds. The summed E-state index contributed by atoms with van der Waals surface area (Å²) in [4.78, 5) is 0. The Hall–Kier alpha value is -0.800. The van der Waals surface area contributed by atoms with E-state index in [9.17, 15) is 4.39 Å². The molecular weight excluding hydrogens is 241 g/mol. The van der Waals surface area contributed by atoms with Crippen LogP contribution in [0.1, 0.15) is 43.4 Å². The summed E-state index contributed by atoms with van der Waals surface area (Å²) >= 11 is 0. The molecule has 2 nitrogen and oxygen atoms in total. The predicted octanol–water partition coefficient (Wildman–Crippen LogP) is 3.60. The Kier molecular flexibility index (Phi) is 7.16. The summed E-state index contributed by atoms with van der Waals surface area (Å²) < 4.78 is 17.5. The molecule has 0 saturated heterocycles. The van der Waals surface area contributed by atoms with Gasteiger partial charge in [-0.3, -0.25) is 4.39 Å². The Morgan fingerprint density at radius 2 is 2.00 bits per heavy atom. The summed E-state index contributed by atoms with van der Waals surface area (Å²) in [6, 6.07) is 5.65. The first kappa shape index (κ1) is 16.2. The lowest BCUT2D eigenvalue weighted by atomic mass is 9.96. The monoisotopic (exact) mass is 261 g/mol. The van der Waals surface area contributed by atoms with Crippen LogP contribution in [0.25, 0.3) is 0 Å². The topological polar surface area (TPSA) is 35.2 Å². The van der Waals surface area contributed by atoms with Crippen LogP contribution in [-0.4, -0.2) is 13.8 Å². The highest BCUT2D eigenvalue weighted by atomic mass is 35.5. The van der Waals surface area contributed by atoms with Gasteiger partial charge < -0.3 is 10.5 Å². The summed E-state index contributed by atoms with van der Waals surface area (Å²) in [5.41, 5.74) is 8.02. The molecule has 0 bridgehead atoms. The van der Waals surface area contributed by atoms with Gasteiger partial charge in [-0.2, -0.15) is 0 Å². The Labute approximate surface area is 109 Å². The first-order valence-corrected chi connectivity index (χ1v) is 5.59. The van der Waals surface area contributed by atoms with Gasteiger partial charge in [-0.05, 0) is 24.0 Å². The van der Waals surface area contributed by atoms with Crippen molar-refractivity contribution in [1.82, 2.24) is 0 Å². The van der Waals surface area contributed by atoms with Crippen molar-refractivity contribution in [3.8, 4) is 5.75 Å².